The predicted octanol–water partition coefficient (Wildman–Crippen LogP) is 1.86. The van der Waals surface area contributed by atoms with Crippen LogP contribution >= 0.6 is 0 Å². The smallest absolute Gasteiger partial charge is 0.222 e. The predicted molar refractivity (Wildman–Crippen MR) is 45.3 cm³/mol. The fourth-order valence-corrected chi connectivity index (χ4v) is 2.76. The van der Waals surface area contributed by atoms with Gasteiger partial charge < -0.3 is 0 Å². The van der Waals surface area contributed by atoms with Gasteiger partial charge in [-0.25, -0.2) is 0 Å². The van der Waals surface area contributed by atoms with E-state index in [1.807, 2.05) is 6.08 Å². The average Bonchev–Trinajstić information content (AvgIpc) is 2.60. The van der Waals surface area contributed by atoms with E-state index in [0.29, 0.717) is 11.8 Å². The van der Waals surface area contributed by atoms with Crippen LogP contribution in [0.25, 0.3) is 0 Å². The summed E-state index contributed by atoms with van der Waals surface area (Å²) in [6.07, 6.45) is 6.16. The molecule has 0 aromatic heterocycles. The molecule has 0 saturated heterocycles. The molecule has 12 heavy (non-hydrogen) atoms. The highest BCUT2D eigenvalue weighted by Gasteiger charge is 2.50. The van der Waals surface area contributed by atoms with Crippen LogP contribution in [0.5, 0.6) is 0 Å². The first-order valence-electron chi connectivity index (χ1n) is 4.56. The van der Waals surface area contributed by atoms with Gasteiger partial charge in [0.05, 0.1) is 0 Å². The van der Waals surface area contributed by atoms with Gasteiger partial charge in [-0.1, -0.05) is 19.1 Å². The Morgan fingerprint density at radius 2 is 2.17 bits per heavy atom. The highest BCUT2D eigenvalue weighted by molar-refractivity contribution is 5.13. The van der Waals surface area contributed by atoms with Gasteiger partial charge in [0.2, 0.25) is 6.04 Å². The lowest BCUT2D eigenvalue weighted by molar-refractivity contribution is -0.535. The Labute approximate surface area is 71.6 Å². The summed E-state index contributed by atoms with van der Waals surface area (Å²) in [5.41, 5.74) is 0. The molecule has 0 N–H and O–H groups in total. The van der Waals surface area contributed by atoms with Crippen LogP contribution in [0, 0.1) is 27.9 Å². The molecule has 0 aliphatic heterocycles. The quantitative estimate of drug-likeness (QED) is 0.358. The molecule has 1 fully saturated rings. The van der Waals surface area contributed by atoms with Gasteiger partial charge in [-0.2, -0.15) is 0 Å². The zero-order chi connectivity index (χ0) is 8.72. The lowest BCUT2D eigenvalue weighted by Crippen LogP contribution is -2.32. The van der Waals surface area contributed by atoms with Crippen molar-refractivity contribution in [2.45, 2.75) is 25.8 Å². The Balaban J connectivity index is 2.23. The third-order valence-corrected chi connectivity index (χ3v) is 3.29. The van der Waals surface area contributed by atoms with Gasteiger partial charge in [-0.3, -0.25) is 10.1 Å². The van der Waals surface area contributed by atoms with Gasteiger partial charge in [0, 0.05) is 16.8 Å². The fourth-order valence-electron chi connectivity index (χ4n) is 2.76. The van der Waals surface area contributed by atoms with E-state index in [0.717, 1.165) is 12.8 Å². The Morgan fingerprint density at radius 1 is 1.50 bits per heavy atom. The number of rotatable bonds is 2. The Kier molecular flexibility index (Phi) is 1.67. The molecule has 0 amide bonds. The minimum atomic E-state index is -0.287. The van der Waals surface area contributed by atoms with Gasteiger partial charge in [0.15, 0.2) is 0 Å². The summed E-state index contributed by atoms with van der Waals surface area (Å²) in [5.74, 6) is 1.03. The molecule has 0 radical (unpaired) electrons. The van der Waals surface area contributed by atoms with E-state index in [2.05, 4.69) is 13.0 Å². The molecule has 3 heteroatoms. The monoisotopic (exact) mass is 167 g/mol. The van der Waals surface area contributed by atoms with Crippen LogP contribution in [-0.2, 0) is 0 Å². The normalized spacial score (nSPS) is 43.8. The maximum Gasteiger partial charge on any atom is 0.222 e. The van der Waals surface area contributed by atoms with Crippen molar-refractivity contribution in [3.63, 3.8) is 0 Å². The molecule has 2 rings (SSSR count). The molecule has 2 bridgehead atoms. The topological polar surface area (TPSA) is 43.1 Å². The molecule has 0 aromatic carbocycles. The Morgan fingerprint density at radius 3 is 2.67 bits per heavy atom. The summed E-state index contributed by atoms with van der Waals surface area (Å²) in [7, 11) is 0. The van der Waals surface area contributed by atoms with Crippen molar-refractivity contribution >= 4 is 0 Å². The second kappa shape index (κ2) is 2.57. The van der Waals surface area contributed by atoms with E-state index in [-0.39, 0.29) is 16.9 Å². The molecule has 2 aliphatic carbocycles. The van der Waals surface area contributed by atoms with Crippen LogP contribution in [0.4, 0.5) is 0 Å². The van der Waals surface area contributed by atoms with E-state index < -0.39 is 0 Å². The molecule has 0 heterocycles. The first-order valence-corrected chi connectivity index (χ1v) is 4.56. The van der Waals surface area contributed by atoms with Crippen molar-refractivity contribution in [1.82, 2.24) is 0 Å². The molecular formula is C9H13NO2. The number of hydrogen-bond acceptors (Lipinski definition) is 2. The van der Waals surface area contributed by atoms with Crippen LogP contribution in [0.2, 0.25) is 0 Å². The minimum Gasteiger partial charge on any atom is -0.264 e. The van der Waals surface area contributed by atoms with Crippen molar-refractivity contribution < 1.29 is 4.92 Å². The first-order chi connectivity index (χ1) is 5.74. The van der Waals surface area contributed by atoms with Crippen LogP contribution in [-0.4, -0.2) is 11.0 Å². The average molecular weight is 167 g/mol. The van der Waals surface area contributed by atoms with Gasteiger partial charge in [0.1, 0.15) is 0 Å². The number of allylic oxidation sites excluding steroid dienone is 1. The van der Waals surface area contributed by atoms with Gasteiger partial charge >= 0.3 is 0 Å². The number of nitro groups is 1. The van der Waals surface area contributed by atoms with Crippen LogP contribution in [0.3, 0.4) is 0 Å². The molecule has 3 nitrogen and oxygen atoms in total. The molecule has 0 aromatic rings. The van der Waals surface area contributed by atoms with Crippen molar-refractivity contribution in [2.24, 2.45) is 17.8 Å². The number of hydrogen-bond donors (Lipinski definition) is 0. The second-order valence-corrected chi connectivity index (χ2v) is 3.80. The van der Waals surface area contributed by atoms with Gasteiger partial charge in [0.25, 0.3) is 0 Å². The zero-order valence-electron chi connectivity index (χ0n) is 7.14. The third-order valence-electron chi connectivity index (χ3n) is 3.29. The first kappa shape index (κ1) is 7.77. The fraction of sp³-hybridized carbons (Fsp3) is 0.778. The van der Waals surface area contributed by atoms with Crippen molar-refractivity contribution in [3.8, 4) is 0 Å². The van der Waals surface area contributed by atoms with Crippen molar-refractivity contribution in [1.29, 1.82) is 0 Å². The molecule has 66 valence electrons. The summed E-state index contributed by atoms with van der Waals surface area (Å²) in [4.78, 5) is 10.7. The maximum absolute atomic E-state index is 10.7. The number of fused-ring (bicyclic) bond motifs is 2. The summed E-state index contributed by atoms with van der Waals surface area (Å²) < 4.78 is 0. The Bertz CT molecular complexity index is 237. The molecule has 2 aliphatic rings. The van der Waals surface area contributed by atoms with E-state index in [4.69, 9.17) is 0 Å². The van der Waals surface area contributed by atoms with E-state index >= 15 is 0 Å². The zero-order valence-corrected chi connectivity index (χ0v) is 7.14. The van der Waals surface area contributed by atoms with Crippen LogP contribution in [0.15, 0.2) is 12.2 Å². The van der Waals surface area contributed by atoms with E-state index in [1.165, 1.54) is 0 Å². The van der Waals surface area contributed by atoms with Gasteiger partial charge in [-0.05, 0) is 18.8 Å². The van der Waals surface area contributed by atoms with E-state index in [1.54, 1.807) is 0 Å². The molecule has 4 atom stereocenters. The van der Waals surface area contributed by atoms with E-state index in [9.17, 15) is 10.1 Å². The minimum absolute atomic E-state index is 0.0810. The lowest BCUT2D eigenvalue weighted by Gasteiger charge is -2.19. The molecular weight excluding hydrogens is 154 g/mol. The van der Waals surface area contributed by atoms with Gasteiger partial charge in [-0.15, -0.1) is 0 Å². The second-order valence-electron chi connectivity index (χ2n) is 3.80. The molecule has 0 unspecified atom stereocenters. The van der Waals surface area contributed by atoms with Crippen molar-refractivity contribution in [2.75, 3.05) is 0 Å². The molecule has 1 saturated carbocycles. The largest absolute Gasteiger partial charge is 0.264 e. The summed E-state index contributed by atoms with van der Waals surface area (Å²) in [6, 6.07) is -0.287. The highest BCUT2D eigenvalue weighted by Crippen LogP contribution is 2.46. The standard InChI is InChI=1S/C9H13NO2/c1-2-8-6-3-4-7(5-6)9(8)10(11)12/h3-4,6-9H,2,5H2,1H3/t6-,7+,8-,9-/m0/s1. The maximum atomic E-state index is 10.7. The Hall–Kier alpha value is -0.860. The third kappa shape index (κ3) is 0.886. The summed E-state index contributed by atoms with van der Waals surface area (Å²) in [6.45, 7) is 2.05. The van der Waals surface area contributed by atoms with Crippen LogP contribution < -0.4 is 0 Å². The SMILES string of the molecule is CC[C@@H]1[C@@H]([N+](=O)[O-])[C@@H]2C=C[C@H]1C2. The lowest BCUT2D eigenvalue weighted by atomic mass is 9.87. The van der Waals surface area contributed by atoms with Crippen LogP contribution in [0.1, 0.15) is 19.8 Å². The highest BCUT2D eigenvalue weighted by atomic mass is 16.6. The summed E-state index contributed by atoms with van der Waals surface area (Å²) in [5, 5.41) is 10.7. The number of nitrogens with zero attached hydrogens (tertiary/aromatic N) is 1. The van der Waals surface area contributed by atoms with Crippen molar-refractivity contribution in [3.05, 3.63) is 22.3 Å². The summed E-state index contributed by atoms with van der Waals surface area (Å²) >= 11 is 0. The molecule has 0 spiro atoms.